The van der Waals surface area contributed by atoms with Gasteiger partial charge in [-0.1, -0.05) is 23.7 Å². The van der Waals surface area contributed by atoms with Crippen LogP contribution in [-0.4, -0.2) is 12.5 Å². The van der Waals surface area contributed by atoms with Crippen molar-refractivity contribution in [1.29, 1.82) is 0 Å². The second kappa shape index (κ2) is 5.11. The molecule has 1 aliphatic rings. The molecule has 0 fully saturated rings. The molecule has 1 aliphatic heterocycles. The molecule has 102 valence electrons. The van der Waals surface area contributed by atoms with Gasteiger partial charge in [0.25, 0.3) is 5.91 Å². The lowest BCUT2D eigenvalue weighted by Crippen LogP contribution is -2.29. The number of nitrogen functional groups attached to an aromatic ring is 1. The van der Waals surface area contributed by atoms with Crippen LogP contribution in [0.4, 0.5) is 11.4 Å². The Hall–Kier alpha value is -1.52. The number of hydrogen-bond donors (Lipinski definition) is 1. The monoisotopic (exact) mass is 350 g/mol. The predicted molar refractivity (Wildman–Crippen MR) is 85.4 cm³/mol. The van der Waals surface area contributed by atoms with E-state index < -0.39 is 0 Å². The first-order valence-corrected chi connectivity index (χ1v) is 7.39. The van der Waals surface area contributed by atoms with Crippen LogP contribution in [0.2, 0.25) is 5.02 Å². The molecular formula is C15H12BrClN2O. The van der Waals surface area contributed by atoms with Crippen LogP contribution in [0.25, 0.3) is 0 Å². The standard InChI is InChI=1S/C15H12BrClN2O/c16-11-8-10(4-5-12(11)17)15(20)19-7-6-9-2-1-3-13(18)14(9)19/h1-5,8H,6-7,18H2. The lowest BCUT2D eigenvalue weighted by Gasteiger charge is -2.19. The van der Waals surface area contributed by atoms with Crippen LogP contribution in [0.5, 0.6) is 0 Å². The third-order valence-corrected chi connectivity index (χ3v) is 4.65. The third-order valence-electron chi connectivity index (χ3n) is 3.44. The Morgan fingerprint density at radius 1 is 1.30 bits per heavy atom. The number of carbonyl (C=O) groups excluding carboxylic acids is 1. The summed E-state index contributed by atoms with van der Waals surface area (Å²) in [5.74, 6) is -0.0565. The van der Waals surface area contributed by atoms with Crippen LogP contribution in [-0.2, 0) is 6.42 Å². The van der Waals surface area contributed by atoms with Crippen molar-refractivity contribution in [2.24, 2.45) is 0 Å². The molecule has 0 radical (unpaired) electrons. The van der Waals surface area contributed by atoms with Crippen molar-refractivity contribution >= 4 is 44.8 Å². The number of anilines is 2. The number of carbonyl (C=O) groups is 1. The van der Waals surface area contributed by atoms with Crippen molar-refractivity contribution in [2.75, 3.05) is 17.2 Å². The lowest BCUT2D eigenvalue weighted by molar-refractivity contribution is 0.0989. The number of amides is 1. The summed E-state index contributed by atoms with van der Waals surface area (Å²) in [6, 6.07) is 10.9. The van der Waals surface area contributed by atoms with Gasteiger partial charge in [0.2, 0.25) is 0 Å². The maximum Gasteiger partial charge on any atom is 0.258 e. The molecule has 0 spiro atoms. The molecule has 2 aromatic carbocycles. The first-order chi connectivity index (χ1) is 9.58. The molecular weight excluding hydrogens is 340 g/mol. The molecule has 2 N–H and O–H groups in total. The van der Waals surface area contributed by atoms with Crippen molar-refractivity contribution in [2.45, 2.75) is 6.42 Å². The van der Waals surface area contributed by atoms with Gasteiger partial charge in [-0.15, -0.1) is 0 Å². The largest absolute Gasteiger partial charge is 0.397 e. The van der Waals surface area contributed by atoms with E-state index >= 15 is 0 Å². The highest BCUT2D eigenvalue weighted by atomic mass is 79.9. The minimum absolute atomic E-state index is 0.0565. The molecule has 1 heterocycles. The number of para-hydroxylation sites is 1. The second-order valence-corrected chi connectivity index (χ2v) is 5.95. The fraction of sp³-hybridized carbons (Fsp3) is 0.133. The second-order valence-electron chi connectivity index (χ2n) is 4.69. The van der Waals surface area contributed by atoms with Crippen molar-refractivity contribution in [3.05, 3.63) is 57.0 Å². The van der Waals surface area contributed by atoms with Crippen molar-refractivity contribution in [3.63, 3.8) is 0 Å². The predicted octanol–water partition coefficient (Wildman–Crippen LogP) is 3.89. The zero-order valence-electron chi connectivity index (χ0n) is 10.6. The van der Waals surface area contributed by atoms with E-state index in [1.165, 1.54) is 0 Å². The van der Waals surface area contributed by atoms with Gasteiger partial charge in [-0.3, -0.25) is 4.79 Å². The molecule has 0 atom stereocenters. The Bertz CT molecular complexity index is 702. The van der Waals surface area contributed by atoms with Crippen LogP contribution < -0.4 is 10.6 Å². The summed E-state index contributed by atoms with van der Waals surface area (Å²) in [4.78, 5) is 14.4. The fourth-order valence-electron chi connectivity index (χ4n) is 2.47. The van der Waals surface area contributed by atoms with Gasteiger partial charge in [0.1, 0.15) is 0 Å². The molecule has 0 aromatic heterocycles. The number of hydrogen-bond acceptors (Lipinski definition) is 2. The lowest BCUT2D eigenvalue weighted by atomic mass is 10.1. The van der Waals surface area contributed by atoms with E-state index in [1.807, 2.05) is 18.2 Å². The summed E-state index contributed by atoms with van der Waals surface area (Å²) in [7, 11) is 0. The van der Waals surface area contributed by atoms with Gasteiger partial charge < -0.3 is 10.6 Å². The van der Waals surface area contributed by atoms with E-state index in [0.717, 1.165) is 17.7 Å². The summed E-state index contributed by atoms with van der Waals surface area (Å²) in [5.41, 5.74) is 9.20. The van der Waals surface area contributed by atoms with Gasteiger partial charge in [-0.25, -0.2) is 0 Å². The first-order valence-electron chi connectivity index (χ1n) is 6.22. The Labute approximate surface area is 130 Å². The van der Waals surface area contributed by atoms with Crippen LogP contribution in [0, 0.1) is 0 Å². The molecule has 3 nitrogen and oxygen atoms in total. The summed E-state index contributed by atoms with van der Waals surface area (Å²) in [5, 5.41) is 0.586. The normalized spacial score (nSPS) is 13.4. The number of nitrogens with zero attached hydrogens (tertiary/aromatic N) is 1. The van der Waals surface area contributed by atoms with Crippen molar-refractivity contribution in [3.8, 4) is 0 Å². The van der Waals surface area contributed by atoms with Crippen LogP contribution in [0.1, 0.15) is 15.9 Å². The minimum Gasteiger partial charge on any atom is -0.397 e. The van der Waals surface area contributed by atoms with E-state index in [0.29, 0.717) is 27.3 Å². The third kappa shape index (κ3) is 2.19. The van der Waals surface area contributed by atoms with Gasteiger partial charge in [-0.2, -0.15) is 0 Å². The molecule has 0 saturated heterocycles. The molecule has 5 heteroatoms. The van der Waals surface area contributed by atoms with Crippen molar-refractivity contribution in [1.82, 2.24) is 0 Å². The average Bonchev–Trinajstić information content (AvgIpc) is 2.86. The number of halogens is 2. The Balaban J connectivity index is 1.99. The molecule has 0 unspecified atom stereocenters. The Kier molecular flexibility index (Phi) is 3.44. The van der Waals surface area contributed by atoms with E-state index in [-0.39, 0.29) is 5.91 Å². The molecule has 2 aromatic rings. The highest BCUT2D eigenvalue weighted by Crippen LogP contribution is 2.35. The van der Waals surface area contributed by atoms with Gasteiger partial charge >= 0.3 is 0 Å². The fourth-order valence-corrected chi connectivity index (χ4v) is 2.97. The Morgan fingerprint density at radius 2 is 2.10 bits per heavy atom. The SMILES string of the molecule is Nc1cccc2c1N(C(=O)c1ccc(Cl)c(Br)c1)CC2. The van der Waals surface area contributed by atoms with Crippen LogP contribution >= 0.6 is 27.5 Å². The van der Waals surface area contributed by atoms with E-state index in [9.17, 15) is 4.79 Å². The van der Waals surface area contributed by atoms with Crippen LogP contribution in [0.3, 0.4) is 0 Å². The van der Waals surface area contributed by atoms with Crippen molar-refractivity contribution < 1.29 is 4.79 Å². The molecule has 1 amide bonds. The molecule has 0 aliphatic carbocycles. The number of fused-ring (bicyclic) bond motifs is 1. The minimum atomic E-state index is -0.0565. The molecule has 0 saturated carbocycles. The average molecular weight is 352 g/mol. The van der Waals surface area contributed by atoms with E-state index in [4.69, 9.17) is 17.3 Å². The van der Waals surface area contributed by atoms with E-state index in [2.05, 4.69) is 15.9 Å². The summed E-state index contributed by atoms with van der Waals surface area (Å²) in [6.45, 7) is 0.655. The Morgan fingerprint density at radius 3 is 2.85 bits per heavy atom. The zero-order valence-corrected chi connectivity index (χ0v) is 12.9. The van der Waals surface area contributed by atoms with Crippen LogP contribution in [0.15, 0.2) is 40.9 Å². The van der Waals surface area contributed by atoms with Gasteiger partial charge in [0.05, 0.1) is 16.4 Å². The molecule has 20 heavy (non-hydrogen) atoms. The first kappa shape index (κ1) is 13.5. The maximum atomic E-state index is 12.6. The highest BCUT2D eigenvalue weighted by molar-refractivity contribution is 9.10. The summed E-state index contributed by atoms with van der Waals surface area (Å²) < 4.78 is 0.713. The number of rotatable bonds is 1. The zero-order chi connectivity index (χ0) is 14.3. The molecule has 3 rings (SSSR count). The smallest absolute Gasteiger partial charge is 0.258 e. The highest BCUT2D eigenvalue weighted by Gasteiger charge is 2.27. The van der Waals surface area contributed by atoms with Gasteiger partial charge in [0.15, 0.2) is 0 Å². The number of benzene rings is 2. The topological polar surface area (TPSA) is 46.3 Å². The summed E-state index contributed by atoms with van der Waals surface area (Å²) in [6.07, 6.45) is 0.834. The van der Waals surface area contributed by atoms with E-state index in [1.54, 1.807) is 23.1 Å². The summed E-state index contributed by atoms with van der Waals surface area (Å²) >= 11 is 9.30. The number of nitrogens with two attached hydrogens (primary N) is 1. The molecule has 0 bridgehead atoms. The quantitative estimate of drug-likeness (QED) is 0.792. The maximum absolute atomic E-state index is 12.6. The van der Waals surface area contributed by atoms with Gasteiger partial charge in [-0.05, 0) is 52.2 Å². The van der Waals surface area contributed by atoms with Gasteiger partial charge in [0, 0.05) is 16.6 Å².